The number of hydrogen-bond acceptors (Lipinski definition) is 2. The Morgan fingerprint density at radius 1 is 0.750 bits per heavy atom. The van der Waals surface area contributed by atoms with Gasteiger partial charge in [0.2, 0.25) is 0 Å². The van der Waals surface area contributed by atoms with Crippen LogP contribution in [0.3, 0.4) is 0 Å². The monoisotopic (exact) mass is 429 g/mol. The maximum absolute atomic E-state index is 6.53. The van der Waals surface area contributed by atoms with Gasteiger partial charge in [0.05, 0.1) is 0 Å². The molecule has 32 heavy (non-hydrogen) atoms. The number of thiophene rings is 1. The second-order valence-corrected chi connectivity index (χ2v) is 9.43. The predicted octanol–water partition coefficient (Wildman–Crippen LogP) is 8.43. The maximum atomic E-state index is 6.53. The van der Waals surface area contributed by atoms with E-state index in [0.717, 1.165) is 17.7 Å². The molecule has 2 N–H and O–H groups in total. The Morgan fingerprint density at radius 3 is 2.47 bits per heavy atom. The van der Waals surface area contributed by atoms with E-state index in [9.17, 15) is 0 Å². The van der Waals surface area contributed by atoms with Gasteiger partial charge >= 0.3 is 0 Å². The number of hydrogen-bond donors (Lipinski definition) is 1. The molecule has 5 aromatic rings. The van der Waals surface area contributed by atoms with Gasteiger partial charge < -0.3 is 5.73 Å². The third-order valence-electron chi connectivity index (χ3n) is 6.43. The lowest BCUT2D eigenvalue weighted by Crippen LogP contribution is -2.01. The summed E-state index contributed by atoms with van der Waals surface area (Å²) in [6, 6.07) is 32.5. The summed E-state index contributed by atoms with van der Waals surface area (Å²) in [5.74, 6) is 0.406. The number of nitrogen functional groups attached to an aromatic ring is 1. The summed E-state index contributed by atoms with van der Waals surface area (Å²) < 4.78 is 2.62. The van der Waals surface area contributed by atoms with Gasteiger partial charge in [-0.15, -0.1) is 11.3 Å². The van der Waals surface area contributed by atoms with Gasteiger partial charge in [0.25, 0.3) is 0 Å². The third kappa shape index (κ3) is 3.24. The van der Waals surface area contributed by atoms with E-state index in [-0.39, 0.29) is 0 Å². The second-order valence-electron chi connectivity index (χ2n) is 8.38. The molecule has 6 rings (SSSR count). The van der Waals surface area contributed by atoms with Crippen LogP contribution in [0.1, 0.15) is 23.5 Å². The molecule has 1 nitrogen and oxygen atoms in total. The van der Waals surface area contributed by atoms with Crippen molar-refractivity contribution in [1.82, 2.24) is 0 Å². The van der Waals surface area contributed by atoms with Gasteiger partial charge in [0.1, 0.15) is 0 Å². The van der Waals surface area contributed by atoms with Gasteiger partial charge in [-0.3, -0.25) is 0 Å². The van der Waals surface area contributed by atoms with Gasteiger partial charge in [-0.25, -0.2) is 0 Å². The molecule has 0 fully saturated rings. The summed E-state index contributed by atoms with van der Waals surface area (Å²) in [6.07, 6.45) is 7.74. The minimum atomic E-state index is 0.406. The number of anilines is 1. The molecular formula is C30H23NS. The first-order chi connectivity index (χ1) is 15.8. The highest BCUT2D eigenvalue weighted by Gasteiger charge is 2.17. The zero-order valence-corrected chi connectivity index (χ0v) is 18.5. The van der Waals surface area contributed by atoms with E-state index in [4.69, 9.17) is 5.73 Å². The molecule has 0 radical (unpaired) electrons. The number of nitrogens with two attached hydrogens (primary N) is 1. The van der Waals surface area contributed by atoms with Crippen molar-refractivity contribution in [2.24, 2.45) is 0 Å². The first-order valence-corrected chi connectivity index (χ1v) is 11.8. The van der Waals surface area contributed by atoms with Gasteiger partial charge in [0, 0.05) is 42.9 Å². The molecule has 1 unspecified atom stereocenters. The molecule has 0 saturated carbocycles. The molecule has 4 aromatic carbocycles. The van der Waals surface area contributed by atoms with E-state index < -0.39 is 0 Å². The topological polar surface area (TPSA) is 26.0 Å². The molecule has 1 heterocycles. The van der Waals surface area contributed by atoms with Gasteiger partial charge in [-0.05, 0) is 41.3 Å². The fourth-order valence-electron chi connectivity index (χ4n) is 4.77. The van der Waals surface area contributed by atoms with Crippen molar-refractivity contribution in [1.29, 1.82) is 0 Å². The van der Waals surface area contributed by atoms with Crippen molar-refractivity contribution in [3.63, 3.8) is 0 Å². The molecule has 154 valence electrons. The van der Waals surface area contributed by atoms with E-state index in [2.05, 4.69) is 109 Å². The van der Waals surface area contributed by atoms with Crippen LogP contribution in [0.25, 0.3) is 36.9 Å². The van der Waals surface area contributed by atoms with Crippen molar-refractivity contribution in [3.8, 4) is 11.1 Å². The van der Waals surface area contributed by atoms with Crippen molar-refractivity contribution < 1.29 is 0 Å². The molecule has 0 spiro atoms. The molecule has 0 bridgehead atoms. The molecule has 1 atom stereocenters. The van der Waals surface area contributed by atoms with Crippen LogP contribution in [0.4, 0.5) is 5.69 Å². The SMILES string of the molecule is Nc1ccc(C2=CC=CC(c3ccccc3)C2)cc1-c1cccc2c1sc1ccccc12. The minimum Gasteiger partial charge on any atom is -0.398 e. The Hall–Kier alpha value is -3.62. The lowest BCUT2D eigenvalue weighted by atomic mass is 9.85. The highest BCUT2D eigenvalue weighted by molar-refractivity contribution is 7.26. The van der Waals surface area contributed by atoms with Gasteiger partial charge in [-0.2, -0.15) is 0 Å². The smallest absolute Gasteiger partial charge is 0.0434 e. The zero-order valence-electron chi connectivity index (χ0n) is 17.7. The number of fused-ring (bicyclic) bond motifs is 3. The third-order valence-corrected chi connectivity index (χ3v) is 7.65. The molecule has 0 aliphatic heterocycles. The summed E-state index contributed by atoms with van der Waals surface area (Å²) >= 11 is 1.85. The Morgan fingerprint density at radius 2 is 1.56 bits per heavy atom. The van der Waals surface area contributed by atoms with Crippen LogP contribution in [0.2, 0.25) is 0 Å². The van der Waals surface area contributed by atoms with Gasteiger partial charge in [-0.1, -0.05) is 91.0 Å². The van der Waals surface area contributed by atoms with E-state index in [1.54, 1.807) is 0 Å². The summed E-state index contributed by atoms with van der Waals surface area (Å²) in [7, 11) is 0. The van der Waals surface area contributed by atoms with Crippen molar-refractivity contribution in [2.45, 2.75) is 12.3 Å². The van der Waals surface area contributed by atoms with E-state index in [1.165, 1.54) is 42.4 Å². The zero-order chi connectivity index (χ0) is 21.5. The van der Waals surface area contributed by atoms with Crippen LogP contribution in [-0.2, 0) is 0 Å². The highest BCUT2D eigenvalue weighted by Crippen LogP contribution is 2.42. The standard InChI is InChI=1S/C30H23NS/c31-28-17-16-23(22-11-6-10-21(18-22)20-8-2-1-3-9-20)19-27(28)26-14-7-13-25-24-12-4-5-15-29(24)32-30(25)26/h1-17,19,21H,18,31H2. The Labute approximate surface area is 192 Å². The predicted molar refractivity (Wildman–Crippen MR) is 140 cm³/mol. The molecular weight excluding hydrogens is 406 g/mol. The fraction of sp³-hybridized carbons (Fsp3) is 0.0667. The molecule has 0 amide bonds. The largest absolute Gasteiger partial charge is 0.398 e. The lowest BCUT2D eigenvalue weighted by Gasteiger charge is -2.20. The summed E-state index contributed by atoms with van der Waals surface area (Å²) in [5, 5.41) is 2.62. The molecule has 1 aliphatic carbocycles. The molecule has 1 aliphatic rings. The average molecular weight is 430 g/mol. The minimum absolute atomic E-state index is 0.406. The summed E-state index contributed by atoms with van der Waals surface area (Å²) in [6.45, 7) is 0. The Bertz CT molecular complexity index is 1500. The van der Waals surface area contributed by atoms with Crippen molar-refractivity contribution >= 4 is 42.8 Å². The molecule has 0 saturated heterocycles. The second kappa shape index (κ2) is 7.81. The van der Waals surface area contributed by atoms with E-state index in [0.29, 0.717) is 5.92 Å². The molecule has 2 heteroatoms. The van der Waals surface area contributed by atoms with Crippen LogP contribution in [0.5, 0.6) is 0 Å². The Balaban J connectivity index is 1.44. The van der Waals surface area contributed by atoms with Crippen LogP contribution >= 0.6 is 11.3 Å². The van der Waals surface area contributed by atoms with E-state index in [1.807, 2.05) is 11.3 Å². The van der Waals surface area contributed by atoms with Crippen molar-refractivity contribution in [3.05, 3.63) is 120 Å². The number of allylic oxidation sites excluding steroid dienone is 4. The summed E-state index contributed by atoms with van der Waals surface area (Å²) in [5.41, 5.74) is 13.6. The van der Waals surface area contributed by atoms with Crippen LogP contribution in [-0.4, -0.2) is 0 Å². The Kier molecular flexibility index (Phi) is 4.66. The number of rotatable bonds is 3. The van der Waals surface area contributed by atoms with E-state index >= 15 is 0 Å². The van der Waals surface area contributed by atoms with Gasteiger partial charge in [0.15, 0.2) is 0 Å². The van der Waals surface area contributed by atoms with Crippen molar-refractivity contribution in [2.75, 3.05) is 5.73 Å². The van der Waals surface area contributed by atoms with Crippen LogP contribution in [0.15, 0.2) is 109 Å². The lowest BCUT2D eigenvalue weighted by molar-refractivity contribution is 0.867. The first-order valence-electron chi connectivity index (χ1n) is 11.0. The highest BCUT2D eigenvalue weighted by atomic mass is 32.1. The number of benzene rings is 4. The van der Waals surface area contributed by atoms with Crippen LogP contribution < -0.4 is 5.73 Å². The summed E-state index contributed by atoms with van der Waals surface area (Å²) in [4.78, 5) is 0. The first kappa shape index (κ1) is 19.1. The fourth-order valence-corrected chi connectivity index (χ4v) is 6.00. The maximum Gasteiger partial charge on any atom is 0.0434 e. The average Bonchev–Trinajstić information content (AvgIpc) is 3.24. The normalized spacial score (nSPS) is 15.9. The van der Waals surface area contributed by atoms with Crippen LogP contribution in [0, 0.1) is 0 Å². The molecule has 1 aromatic heterocycles. The quantitative estimate of drug-likeness (QED) is 0.286.